The number of hydrogen-bond donors (Lipinski definition) is 1. The summed E-state index contributed by atoms with van der Waals surface area (Å²) in [7, 11) is -2.82. The first-order valence-corrected chi connectivity index (χ1v) is 14.9. The molecule has 4 rings (SSSR count). The number of piperazine rings is 1. The molecule has 0 spiro atoms. The third-order valence-corrected chi connectivity index (χ3v) is 9.97. The second-order valence-corrected chi connectivity index (χ2v) is 13.2. The van der Waals surface area contributed by atoms with Crippen LogP contribution in [0.15, 0.2) is 6.33 Å². The Hall–Kier alpha value is -1.46. The normalized spacial score (nSPS) is 27.0. The Bertz CT molecular complexity index is 932. The monoisotopic (exact) mass is 507 g/mol. The fraction of sp³-hybridized carbons (Fsp3) is 0.800. The van der Waals surface area contributed by atoms with Crippen molar-refractivity contribution in [3.05, 3.63) is 23.3 Å². The number of aryl methyl sites for hydroxylation is 2. The van der Waals surface area contributed by atoms with Crippen molar-refractivity contribution in [3.8, 4) is 0 Å². The molecule has 4 heterocycles. The Labute approximate surface area is 211 Å². The highest BCUT2D eigenvalue weighted by Crippen LogP contribution is 2.32. The van der Waals surface area contributed by atoms with Gasteiger partial charge in [0.05, 0.1) is 17.0 Å². The molecule has 3 fully saturated rings. The van der Waals surface area contributed by atoms with E-state index in [1.165, 1.54) is 12.6 Å². The average molecular weight is 508 g/mol. The molecule has 1 N–H and O–H groups in total. The molecule has 0 bridgehead atoms. The number of piperidine rings is 2. The summed E-state index contributed by atoms with van der Waals surface area (Å²) in [6.07, 6.45) is 6.89. The first-order valence-electron chi connectivity index (χ1n) is 13.0. The zero-order valence-corrected chi connectivity index (χ0v) is 22.9. The van der Waals surface area contributed by atoms with E-state index in [1.807, 2.05) is 18.7 Å². The van der Waals surface area contributed by atoms with Gasteiger partial charge < -0.3 is 4.90 Å². The van der Waals surface area contributed by atoms with Gasteiger partial charge in [0.15, 0.2) is 6.26 Å². The van der Waals surface area contributed by atoms with E-state index >= 15 is 0 Å². The van der Waals surface area contributed by atoms with Crippen LogP contribution in [0.1, 0.15) is 61.3 Å². The van der Waals surface area contributed by atoms with Crippen LogP contribution in [-0.2, 0) is 14.6 Å². The lowest BCUT2D eigenvalue weighted by molar-refractivity contribution is -0.0223. The molecule has 0 aromatic carbocycles. The van der Waals surface area contributed by atoms with Crippen LogP contribution in [0.2, 0.25) is 0 Å². The molecule has 9 nitrogen and oxygen atoms in total. The molecule has 3 aliphatic rings. The van der Waals surface area contributed by atoms with Gasteiger partial charge in [-0.1, -0.05) is 4.31 Å². The van der Waals surface area contributed by atoms with Crippen molar-refractivity contribution >= 4 is 16.3 Å². The molecule has 1 amide bonds. The van der Waals surface area contributed by atoms with Crippen molar-refractivity contribution in [2.75, 3.05) is 58.6 Å². The Balaban J connectivity index is 1.28. The SMILES string of the molecule is Cc1ncnc(C)c1C(=O)N1CCC(C)(N2CCN(CC3CCN([S+](C)(=O)O)CC3)C(C)C2)CC1. The van der Waals surface area contributed by atoms with Gasteiger partial charge in [-0.2, -0.15) is 4.55 Å². The third kappa shape index (κ3) is 5.93. The number of nitrogens with zero attached hydrogens (tertiary/aromatic N) is 6. The van der Waals surface area contributed by atoms with Crippen LogP contribution in [0.5, 0.6) is 0 Å². The van der Waals surface area contributed by atoms with E-state index in [9.17, 15) is 13.6 Å². The lowest BCUT2D eigenvalue weighted by atomic mass is 9.86. The highest BCUT2D eigenvalue weighted by Gasteiger charge is 2.41. The summed E-state index contributed by atoms with van der Waals surface area (Å²) < 4.78 is 23.4. The van der Waals surface area contributed by atoms with Crippen molar-refractivity contribution in [2.45, 2.75) is 65.0 Å². The number of rotatable bonds is 5. The maximum Gasteiger partial charge on any atom is 0.288 e. The summed E-state index contributed by atoms with van der Waals surface area (Å²) >= 11 is 0. The van der Waals surface area contributed by atoms with Gasteiger partial charge >= 0.3 is 0 Å². The minimum atomic E-state index is -2.82. The maximum absolute atomic E-state index is 13.2. The molecule has 0 aliphatic carbocycles. The lowest BCUT2D eigenvalue weighted by Gasteiger charge is -2.52. The summed E-state index contributed by atoms with van der Waals surface area (Å²) in [5.74, 6) is 0.660. The molecule has 10 heteroatoms. The predicted molar refractivity (Wildman–Crippen MR) is 139 cm³/mol. The zero-order valence-electron chi connectivity index (χ0n) is 22.1. The van der Waals surface area contributed by atoms with Gasteiger partial charge in [-0.25, -0.2) is 9.97 Å². The van der Waals surface area contributed by atoms with E-state index in [1.54, 1.807) is 4.31 Å². The third-order valence-electron chi connectivity index (χ3n) is 8.64. The number of carbonyl (C=O) groups is 1. The van der Waals surface area contributed by atoms with Crippen molar-refractivity contribution < 1.29 is 13.6 Å². The Kier molecular flexibility index (Phi) is 7.97. The molecular formula is C25H43N6O3S+. The fourth-order valence-corrected chi connectivity index (χ4v) is 6.98. The topological polar surface area (TPSA) is 93.1 Å². The van der Waals surface area contributed by atoms with E-state index in [0.717, 1.165) is 76.3 Å². The Morgan fingerprint density at radius 2 is 1.69 bits per heavy atom. The highest BCUT2D eigenvalue weighted by atomic mass is 32.3. The molecule has 2 atom stereocenters. The second kappa shape index (κ2) is 10.5. The first-order chi connectivity index (χ1) is 16.5. The number of amides is 1. The molecule has 2 unspecified atom stereocenters. The van der Waals surface area contributed by atoms with E-state index in [-0.39, 0.29) is 11.4 Å². The van der Waals surface area contributed by atoms with Crippen LogP contribution in [0, 0.1) is 19.8 Å². The number of hydrogen-bond acceptors (Lipinski definition) is 6. The first kappa shape index (κ1) is 26.6. The Morgan fingerprint density at radius 3 is 2.23 bits per heavy atom. The number of aromatic nitrogens is 2. The lowest BCUT2D eigenvalue weighted by Crippen LogP contribution is -2.62. The van der Waals surface area contributed by atoms with Gasteiger partial charge in [0.2, 0.25) is 0 Å². The van der Waals surface area contributed by atoms with Gasteiger partial charge in [0.1, 0.15) is 6.33 Å². The van der Waals surface area contributed by atoms with E-state index in [2.05, 4.69) is 33.6 Å². The van der Waals surface area contributed by atoms with Crippen LogP contribution in [0.25, 0.3) is 0 Å². The molecule has 3 aliphatic heterocycles. The van der Waals surface area contributed by atoms with Crippen molar-refractivity contribution in [2.24, 2.45) is 5.92 Å². The average Bonchev–Trinajstić information content (AvgIpc) is 2.80. The molecule has 1 aromatic heterocycles. The fourth-order valence-electron chi connectivity index (χ4n) is 6.09. The Morgan fingerprint density at radius 1 is 1.09 bits per heavy atom. The molecule has 196 valence electrons. The van der Waals surface area contributed by atoms with Gasteiger partial charge in [-0.3, -0.25) is 14.6 Å². The van der Waals surface area contributed by atoms with Crippen molar-refractivity contribution in [1.82, 2.24) is 29.0 Å². The number of carbonyl (C=O) groups excluding carboxylic acids is 1. The van der Waals surface area contributed by atoms with Gasteiger partial charge in [0, 0.05) is 63.9 Å². The van der Waals surface area contributed by atoms with E-state index in [0.29, 0.717) is 30.6 Å². The van der Waals surface area contributed by atoms with Gasteiger partial charge in [0.25, 0.3) is 16.3 Å². The smallest absolute Gasteiger partial charge is 0.288 e. The van der Waals surface area contributed by atoms with Crippen LogP contribution >= 0.6 is 0 Å². The van der Waals surface area contributed by atoms with Crippen LogP contribution < -0.4 is 0 Å². The summed E-state index contributed by atoms with van der Waals surface area (Å²) in [6, 6.07) is 0.485. The summed E-state index contributed by atoms with van der Waals surface area (Å²) in [6.45, 7) is 15.7. The molecule has 3 saturated heterocycles. The molecular weight excluding hydrogens is 464 g/mol. The van der Waals surface area contributed by atoms with Crippen molar-refractivity contribution in [1.29, 1.82) is 0 Å². The van der Waals surface area contributed by atoms with Crippen LogP contribution in [0.4, 0.5) is 0 Å². The van der Waals surface area contributed by atoms with E-state index < -0.39 is 10.4 Å². The summed E-state index contributed by atoms with van der Waals surface area (Å²) in [4.78, 5) is 28.9. The minimum absolute atomic E-state index is 0.0620. The quantitative estimate of drug-likeness (QED) is 0.612. The zero-order chi connectivity index (χ0) is 25.4. The summed E-state index contributed by atoms with van der Waals surface area (Å²) in [5.41, 5.74) is 2.28. The standard InChI is InChI=1S/C25H42N6O3S/c1-19-16-30(15-14-29(19)17-22-6-10-31(11-7-22)35(5,33)34)25(4)8-12-28(13-9-25)24(32)23-20(2)26-18-27-21(23)3/h18-19,22H,6-17H2,1-5H3/p+1. The summed E-state index contributed by atoms with van der Waals surface area (Å²) in [5, 5.41) is 0. The van der Waals surface area contributed by atoms with Crippen molar-refractivity contribution in [3.63, 3.8) is 0 Å². The van der Waals surface area contributed by atoms with E-state index in [4.69, 9.17) is 0 Å². The second-order valence-electron chi connectivity index (χ2n) is 11.1. The predicted octanol–water partition coefficient (Wildman–Crippen LogP) is 2.32. The molecule has 35 heavy (non-hydrogen) atoms. The largest absolute Gasteiger partial charge is 0.338 e. The molecule has 0 radical (unpaired) electrons. The van der Waals surface area contributed by atoms with Crippen LogP contribution in [-0.4, -0.2) is 110 Å². The van der Waals surface area contributed by atoms with Gasteiger partial charge in [-0.05, 0) is 63.5 Å². The maximum atomic E-state index is 13.2. The molecule has 0 saturated carbocycles. The highest BCUT2D eigenvalue weighted by molar-refractivity contribution is 7.94. The molecule has 1 aromatic rings. The number of likely N-dealkylation sites (tertiary alicyclic amines) is 1. The minimum Gasteiger partial charge on any atom is -0.338 e. The van der Waals surface area contributed by atoms with Crippen LogP contribution in [0.3, 0.4) is 0 Å². The van der Waals surface area contributed by atoms with Gasteiger partial charge in [-0.15, -0.1) is 0 Å².